The quantitative estimate of drug-likeness (QED) is 0.811. The lowest BCUT2D eigenvalue weighted by Gasteiger charge is -2.44. The third-order valence-electron chi connectivity index (χ3n) is 4.24. The van der Waals surface area contributed by atoms with Gasteiger partial charge in [-0.15, -0.1) is 0 Å². The number of nitrogens with one attached hydrogen (secondary N) is 1. The minimum Gasteiger partial charge on any atom is -0.444 e. The number of hydrogen-bond acceptors (Lipinski definition) is 4. The summed E-state index contributed by atoms with van der Waals surface area (Å²) in [7, 11) is 0. The van der Waals surface area contributed by atoms with Crippen LogP contribution in [0.3, 0.4) is 0 Å². The molecule has 1 saturated carbocycles. The Hall–Kier alpha value is -0.810. The first-order chi connectivity index (χ1) is 9.26. The Labute approximate surface area is 122 Å². The third kappa shape index (κ3) is 3.85. The van der Waals surface area contributed by atoms with Gasteiger partial charge in [-0.25, -0.2) is 4.79 Å². The van der Waals surface area contributed by atoms with Crippen LogP contribution in [-0.4, -0.2) is 47.3 Å². The number of piperidine rings is 1. The smallest absolute Gasteiger partial charge is 0.410 e. The second-order valence-corrected chi connectivity index (χ2v) is 7.26. The average molecular weight is 283 g/mol. The van der Waals surface area contributed by atoms with Crippen LogP contribution in [-0.2, 0) is 4.74 Å². The fraction of sp³-hybridized carbons (Fsp3) is 0.933. The number of likely N-dealkylation sites (tertiary alicyclic amines) is 1. The number of amides is 1. The summed E-state index contributed by atoms with van der Waals surface area (Å²) in [4.78, 5) is 14.1. The zero-order valence-corrected chi connectivity index (χ0v) is 13.2. The summed E-state index contributed by atoms with van der Waals surface area (Å²) >= 11 is 0. The molecule has 116 valence electrons. The summed E-state index contributed by atoms with van der Waals surface area (Å²) in [6.07, 6.45) is 4.05. The van der Waals surface area contributed by atoms with Gasteiger partial charge in [0.25, 0.3) is 0 Å². The molecule has 2 atom stereocenters. The van der Waals surface area contributed by atoms with Gasteiger partial charge in [0.15, 0.2) is 0 Å². The SMILES string of the molecule is CC1C(NC2CC(N)C2)CCCN1C(=O)OC(C)(C)C. The van der Waals surface area contributed by atoms with Crippen LogP contribution in [0.2, 0.25) is 0 Å². The molecule has 0 bridgehead atoms. The Bertz CT molecular complexity index is 348. The van der Waals surface area contributed by atoms with E-state index in [0.717, 1.165) is 32.2 Å². The van der Waals surface area contributed by atoms with Crippen LogP contribution in [0, 0.1) is 0 Å². The highest BCUT2D eigenvalue weighted by Gasteiger charge is 2.36. The molecule has 0 spiro atoms. The van der Waals surface area contributed by atoms with Crippen LogP contribution in [0.1, 0.15) is 53.4 Å². The van der Waals surface area contributed by atoms with Crippen molar-refractivity contribution in [1.29, 1.82) is 0 Å². The average Bonchev–Trinajstić information content (AvgIpc) is 2.27. The van der Waals surface area contributed by atoms with Crippen molar-refractivity contribution < 1.29 is 9.53 Å². The zero-order valence-electron chi connectivity index (χ0n) is 13.2. The van der Waals surface area contributed by atoms with Crippen molar-refractivity contribution in [3.8, 4) is 0 Å². The van der Waals surface area contributed by atoms with Gasteiger partial charge >= 0.3 is 6.09 Å². The molecule has 0 radical (unpaired) electrons. The van der Waals surface area contributed by atoms with Crippen molar-refractivity contribution in [3.63, 3.8) is 0 Å². The van der Waals surface area contributed by atoms with Crippen LogP contribution < -0.4 is 11.1 Å². The molecule has 20 heavy (non-hydrogen) atoms. The van der Waals surface area contributed by atoms with E-state index in [1.165, 1.54) is 0 Å². The van der Waals surface area contributed by atoms with E-state index in [9.17, 15) is 4.79 Å². The number of nitrogens with two attached hydrogens (primary N) is 1. The lowest BCUT2D eigenvalue weighted by Crippen LogP contribution is -2.60. The van der Waals surface area contributed by atoms with Crippen molar-refractivity contribution in [1.82, 2.24) is 10.2 Å². The first-order valence-corrected chi connectivity index (χ1v) is 7.77. The summed E-state index contributed by atoms with van der Waals surface area (Å²) in [6.45, 7) is 8.62. The molecular weight excluding hydrogens is 254 g/mol. The standard InChI is InChI=1S/C15H29N3O2/c1-10-13(17-12-8-11(16)9-12)6-5-7-18(10)14(19)20-15(2,3)4/h10-13,17H,5-9,16H2,1-4H3. The number of rotatable bonds is 2. The van der Waals surface area contributed by atoms with Gasteiger partial charge < -0.3 is 20.7 Å². The minimum absolute atomic E-state index is 0.176. The monoisotopic (exact) mass is 283 g/mol. The highest BCUT2D eigenvalue weighted by Crippen LogP contribution is 2.24. The molecule has 0 aromatic heterocycles. The molecule has 2 unspecified atom stereocenters. The minimum atomic E-state index is -0.433. The Morgan fingerprint density at radius 3 is 2.55 bits per heavy atom. The highest BCUT2D eigenvalue weighted by molar-refractivity contribution is 5.68. The number of nitrogens with zero attached hydrogens (tertiary/aromatic N) is 1. The molecule has 1 saturated heterocycles. The first-order valence-electron chi connectivity index (χ1n) is 7.77. The normalized spacial score (nSPS) is 34.5. The Morgan fingerprint density at radius 1 is 1.35 bits per heavy atom. The lowest BCUT2D eigenvalue weighted by molar-refractivity contribution is 0.00530. The lowest BCUT2D eigenvalue weighted by atomic mass is 9.85. The van der Waals surface area contributed by atoms with E-state index in [2.05, 4.69) is 12.2 Å². The Kier molecular flexibility index (Phi) is 4.59. The van der Waals surface area contributed by atoms with Crippen LogP contribution in [0.4, 0.5) is 4.79 Å². The molecule has 5 heteroatoms. The fourth-order valence-electron chi connectivity index (χ4n) is 3.04. The van der Waals surface area contributed by atoms with Gasteiger partial charge in [0.2, 0.25) is 0 Å². The third-order valence-corrected chi connectivity index (χ3v) is 4.24. The van der Waals surface area contributed by atoms with Gasteiger partial charge in [0, 0.05) is 30.7 Å². The van der Waals surface area contributed by atoms with Crippen molar-refractivity contribution in [2.45, 2.75) is 83.1 Å². The molecule has 1 heterocycles. The summed E-state index contributed by atoms with van der Waals surface area (Å²) < 4.78 is 5.50. The molecular formula is C15H29N3O2. The van der Waals surface area contributed by atoms with Crippen LogP contribution >= 0.6 is 0 Å². The van der Waals surface area contributed by atoms with Gasteiger partial charge in [-0.05, 0) is 53.4 Å². The number of ether oxygens (including phenoxy) is 1. The molecule has 5 nitrogen and oxygen atoms in total. The maximum absolute atomic E-state index is 12.2. The molecule has 0 aromatic rings. The number of carbonyl (C=O) groups is 1. The molecule has 0 aromatic carbocycles. The Morgan fingerprint density at radius 2 is 2.00 bits per heavy atom. The van der Waals surface area contributed by atoms with Gasteiger partial charge in [-0.3, -0.25) is 0 Å². The molecule has 3 N–H and O–H groups in total. The summed E-state index contributed by atoms with van der Waals surface area (Å²) in [5.41, 5.74) is 5.40. The second kappa shape index (κ2) is 5.90. The van der Waals surface area contributed by atoms with Crippen molar-refractivity contribution in [2.24, 2.45) is 5.73 Å². The van der Waals surface area contributed by atoms with E-state index in [0.29, 0.717) is 18.1 Å². The number of hydrogen-bond donors (Lipinski definition) is 2. The van der Waals surface area contributed by atoms with E-state index in [-0.39, 0.29) is 12.1 Å². The van der Waals surface area contributed by atoms with Crippen LogP contribution in [0.5, 0.6) is 0 Å². The predicted molar refractivity (Wildman–Crippen MR) is 79.6 cm³/mol. The van der Waals surface area contributed by atoms with E-state index >= 15 is 0 Å². The molecule has 1 amide bonds. The van der Waals surface area contributed by atoms with E-state index in [1.807, 2.05) is 25.7 Å². The van der Waals surface area contributed by atoms with Crippen molar-refractivity contribution in [3.05, 3.63) is 0 Å². The topological polar surface area (TPSA) is 67.6 Å². The van der Waals surface area contributed by atoms with Crippen molar-refractivity contribution >= 4 is 6.09 Å². The van der Waals surface area contributed by atoms with Gasteiger partial charge in [0.05, 0.1) is 0 Å². The molecule has 2 fully saturated rings. The summed E-state index contributed by atoms with van der Waals surface area (Å²) in [6, 6.07) is 1.41. The van der Waals surface area contributed by atoms with Crippen LogP contribution in [0.15, 0.2) is 0 Å². The second-order valence-electron chi connectivity index (χ2n) is 7.26. The summed E-state index contributed by atoms with van der Waals surface area (Å²) in [5, 5.41) is 3.65. The Balaban J connectivity index is 1.89. The number of carbonyl (C=O) groups excluding carboxylic acids is 1. The molecule has 2 aliphatic rings. The summed E-state index contributed by atoms with van der Waals surface area (Å²) in [5.74, 6) is 0. The van der Waals surface area contributed by atoms with E-state index in [4.69, 9.17) is 10.5 Å². The highest BCUT2D eigenvalue weighted by atomic mass is 16.6. The molecule has 1 aliphatic heterocycles. The predicted octanol–water partition coefficient (Wildman–Crippen LogP) is 1.85. The van der Waals surface area contributed by atoms with Gasteiger partial charge in [-0.2, -0.15) is 0 Å². The van der Waals surface area contributed by atoms with Crippen molar-refractivity contribution in [2.75, 3.05) is 6.54 Å². The maximum atomic E-state index is 12.2. The zero-order chi connectivity index (χ0) is 14.9. The molecule has 1 aliphatic carbocycles. The van der Waals surface area contributed by atoms with Gasteiger partial charge in [-0.1, -0.05) is 0 Å². The molecule has 2 rings (SSSR count). The van der Waals surface area contributed by atoms with E-state index < -0.39 is 5.60 Å². The maximum Gasteiger partial charge on any atom is 0.410 e. The fourth-order valence-corrected chi connectivity index (χ4v) is 3.04. The van der Waals surface area contributed by atoms with Crippen LogP contribution in [0.25, 0.3) is 0 Å². The first kappa shape index (κ1) is 15.6. The largest absolute Gasteiger partial charge is 0.444 e. The van der Waals surface area contributed by atoms with E-state index in [1.54, 1.807) is 0 Å². The van der Waals surface area contributed by atoms with Gasteiger partial charge in [0.1, 0.15) is 5.60 Å².